The van der Waals surface area contributed by atoms with Crippen LogP contribution in [0.1, 0.15) is 42.8 Å². The van der Waals surface area contributed by atoms with E-state index >= 15 is 0 Å². The Kier molecular flexibility index (Phi) is 5.89. The summed E-state index contributed by atoms with van der Waals surface area (Å²) in [4.78, 5) is 11.1. The minimum atomic E-state index is -0.128. The van der Waals surface area contributed by atoms with Crippen LogP contribution in [-0.2, 0) is 28.9 Å². The number of nitrogens with zero attached hydrogens (tertiary/aromatic N) is 5. The van der Waals surface area contributed by atoms with E-state index in [1.54, 1.807) is 7.11 Å². The van der Waals surface area contributed by atoms with Crippen LogP contribution in [0.2, 0.25) is 0 Å². The molecule has 132 valence electrons. The molecule has 1 atom stereocenters. The Bertz CT molecular complexity index is 628. The van der Waals surface area contributed by atoms with Crippen LogP contribution in [0.4, 0.5) is 0 Å². The molecule has 0 amide bonds. The van der Waals surface area contributed by atoms with Crippen LogP contribution in [0.5, 0.6) is 0 Å². The fourth-order valence-electron chi connectivity index (χ4n) is 2.65. The molecule has 0 aliphatic carbocycles. The van der Waals surface area contributed by atoms with Crippen molar-refractivity contribution in [1.82, 2.24) is 30.2 Å². The summed E-state index contributed by atoms with van der Waals surface area (Å²) >= 11 is 0. The molecule has 0 spiro atoms. The molecule has 3 heterocycles. The van der Waals surface area contributed by atoms with Gasteiger partial charge in [0.15, 0.2) is 11.6 Å². The number of H-pyrrole nitrogens is 1. The predicted molar refractivity (Wildman–Crippen MR) is 84.2 cm³/mol. The Balaban J connectivity index is 1.55. The highest BCUT2D eigenvalue weighted by Gasteiger charge is 2.26. The average Bonchev–Trinajstić information content (AvgIpc) is 3.23. The van der Waals surface area contributed by atoms with Crippen LogP contribution in [0, 0.1) is 0 Å². The fraction of sp³-hybridized carbons (Fsp3) is 0.733. The van der Waals surface area contributed by atoms with Crippen LogP contribution >= 0.6 is 0 Å². The molecule has 0 saturated carbocycles. The van der Waals surface area contributed by atoms with Crippen molar-refractivity contribution in [2.75, 3.05) is 33.4 Å². The number of rotatable bonds is 8. The standard InChI is InChI=1S/C15H24N6O3/c1-3-4-12-17-15(19-18-12)11-9-21(6-8-23-11)10-14-16-13(20-24-14)5-7-22-2/h11H,3-10H2,1-2H3,(H,17,18,19)/t11-/m1/s1. The Morgan fingerprint density at radius 2 is 2.25 bits per heavy atom. The van der Waals surface area contributed by atoms with Gasteiger partial charge in [0.2, 0.25) is 5.89 Å². The van der Waals surface area contributed by atoms with E-state index < -0.39 is 0 Å². The number of methoxy groups -OCH3 is 1. The van der Waals surface area contributed by atoms with E-state index in [1.165, 1.54) is 0 Å². The summed E-state index contributed by atoms with van der Waals surface area (Å²) in [5.41, 5.74) is 0. The maximum Gasteiger partial charge on any atom is 0.240 e. The second kappa shape index (κ2) is 8.32. The van der Waals surface area contributed by atoms with E-state index in [2.05, 4.69) is 37.1 Å². The van der Waals surface area contributed by atoms with Crippen molar-refractivity contribution in [1.29, 1.82) is 0 Å². The van der Waals surface area contributed by atoms with Gasteiger partial charge in [-0.1, -0.05) is 12.1 Å². The first kappa shape index (κ1) is 17.0. The van der Waals surface area contributed by atoms with E-state index in [0.717, 1.165) is 31.0 Å². The van der Waals surface area contributed by atoms with Crippen molar-refractivity contribution in [2.45, 2.75) is 38.8 Å². The number of morpholine rings is 1. The maximum absolute atomic E-state index is 5.81. The van der Waals surface area contributed by atoms with Crippen molar-refractivity contribution in [2.24, 2.45) is 0 Å². The Labute approximate surface area is 140 Å². The third kappa shape index (κ3) is 4.37. The van der Waals surface area contributed by atoms with Gasteiger partial charge in [-0.15, -0.1) is 0 Å². The van der Waals surface area contributed by atoms with Crippen molar-refractivity contribution >= 4 is 0 Å². The van der Waals surface area contributed by atoms with Gasteiger partial charge >= 0.3 is 0 Å². The van der Waals surface area contributed by atoms with E-state index in [4.69, 9.17) is 14.0 Å². The molecule has 2 aromatic heterocycles. The Morgan fingerprint density at radius 1 is 1.33 bits per heavy atom. The van der Waals surface area contributed by atoms with Gasteiger partial charge in [-0.25, -0.2) is 4.98 Å². The molecule has 1 fully saturated rings. The van der Waals surface area contributed by atoms with Gasteiger partial charge in [-0.2, -0.15) is 10.1 Å². The predicted octanol–water partition coefficient (Wildman–Crippen LogP) is 0.903. The van der Waals surface area contributed by atoms with Gasteiger partial charge in [-0.05, 0) is 6.42 Å². The fourth-order valence-corrected chi connectivity index (χ4v) is 2.65. The lowest BCUT2D eigenvalue weighted by Gasteiger charge is -2.30. The molecular formula is C15H24N6O3. The smallest absolute Gasteiger partial charge is 0.240 e. The Morgan fingerprint density at radius 3 is 3.08 bits per heavy atom. The van der Waals surface area contributed by atoms with Crippen LogP contribution < -0.4 is 0 Å². The molecule has 24 heavy (non-hydrogen) atoms. The Hall–Kier alpha value is -1.84. The zero-order chi connectivity index (χ0) is 16.8. The third-order valence-corrected chi connectivity index (χ3v) is 3.87. The maximum atomic E-state index is 5.81. The molecule has 3 rings (SSSR count). The number of nitrogens with one attached hydrogen (secondary N) is 1. The first-order valence-electron chi connectivity index (χ1n) is 8.34. The normalized spacial score (nSPS) is 19.0. The second-order valence-corrected chi connectivity index (χ2v) is 5.83. The van der Waals surface area contributed by atoms with Crippen molar-refractivity contribution in [3.63, 3.8) is 0 Å². The molecular weight excluding hydrogens is 312 g/mol. The third-order valence-electron chi connectivity index (χ3n) is 3.87. The molecule has 1 N–H and O–H groups in total. The summed E-state index contributed by atoms with van der Waals surface area (Å²) in [6, 6.07) is 0. The lowest BCUT2D eigenvalue weighted by molar-refractivity contribution is -0.0396. The van der Waals surface area contributed by atoms with Crippen molar-refractivity contribution < 1.29 is 14.0 Å². The molecule has 0 bridgehead atoms. The van der Waals surface area contributed by atoms with Crippen molar-refractivity contribution in [3.8, 4) is 0 Å². The SMILES string of the molecule is CCCc1nc([C@H]2CN(Cc3nc(CCOC)no3)CCO2)n[nH]1. The van der Waals surface area contributed by atoms with Crippen LogP contribution in [0.15, 0.2) is 4.52 Å². The number of aromatic nitrogens is 5. The monoisotopic (exact) mass is 336 g/mol. The summed E-state index contributed by atoms with van der Waals surface area (Å²) in [6.07, 6.45) is 2.46. The number of aromatic amines is 1. The molecule has 1 aliphatic heterocycles. The molecule has 9 heteroatoms. The molecule has 1 saturated heterocycles. The number of hydrogen-bond acceptors (Lipinski definition) is 8. The molecule has 0 aromatic carbocycles. The van der Waals surface area contributed by atoms with Gasteiger partial charge < -0.3 is 14.0 Å². The minimum Gasteiger partial charge on any atom is -0.384 e. The number of hydrogen-bond donors (Lipinski definition) is 1. The first-order valence-corrected chi connectivity index (χ1v) is 8.34. The molecule has 2 aromatic rings. The van der Waals surface area contributed by atoms with E-state index in [-0.39, 0.29) is 6.10 Å². The van der Waals surface area contributed by atoms with Gasteiger partial charge in [0.25, 0.3) is 0 Å². The van der Waals surface area contributed by atoms with Crippen molar-refractivity contribution in [3.05, 3.63) is 23.4 Å². The van der Waals surface area contributed by atoms with Gasteiger partial charge in [-0.3, -0.25) is 10.00 Å². The topological polar surface area (TPSA) is 102 Å². The van der Waals surface area contributed by atoms with Crippen LogP contribution in [0.25, 0.3) is 0 Å². The summed E-state index contributed by atoms with van der Waals surface area (Å²) in [5.74, 6) is 2.92. The lowest BCUT2D eigenvalue weighted by Crippen LogP contribution is -2.38. The van der Waals surface area contributed by atoms with Crippen LogP contribution in [0.3, 0.4) is 0 Å². The largest absolute Gasteiger partial charge is 0.384 e. The zero-order valence-corrected chi connectivity index (χ0v) is 14.2. The van der Waals surface area contributed by atoms with E-state index in [1.807, 2.05) is 0 Å². The highest BCUT2D eigenvalue weighted by atomic mass is 16.5. The summed E-state index contributed by atoms with van der Waals surface area (Å²) < 4.78 is 16.1. The summed E-state index contributed by atoms with van der Waals surface area (Å²) in [5, 5.41) is 11.2. The average molecular weight is 336 g/mol. The van der Waals surface area contributed by atoms with Gasteiger partial charge in [0, 0.05) is 33.0 Å². The highest BCUT2D eigenvalue weighted by Crippen LogP contribution is 2.20. The van der Waals surface area contributed by atoms with Gasteiger partial charge in [0.05, 0.1) is 19.8 Å². The quantitative estimate of drug-likeness (QED) is 0.758. The zero-order valence-electron chi connectivity index (χ0n) is 14.2. The molecule has 0 unspecified atom stereocenters. The highest BCUT2D eigenvalue weighted by molar-refractivity contribution is 4.97. The molecule has 9 nitrogen and oxygen atoms in total. The van der Waals surface area contributed by atoms with E-state index in [9.17, 15) is 0 Å². The first-order chi connectivity index (χ1) is 11.8. The molecule has 0 radical (unpaired) electrons. The summed E-state index contributed by atoms with van der Waals surface area (Å²) in [7, 11) is 1.66. The van der Waals surface area contributed by atoms with E-state index in [0.29, 0.717) is 44.4 Å². The summed E-state index contributed by atoms with van der Waals surface area (Å²) in [6.45, 7) is 5.46. The number of ether oxygens (including phenoxy) is 2. The molecule has 1 aliphatic rings. The lowest BCUT2D eigenvalue weighted by atomic mass is 10.2. The second-order valence-electron chi connectivity index (χ2n) is 5.83. The minimum absolute atomic E-state index is 0.128. The number of aryl methyl sites for hydroxylation is 1. The van der Waals surface area contributed by atoms with Gasteiger partial charge in [0.1, 0.15) is 11.9 Å². The van der Waals surface area contributed by atoms with Crippen LogP contribution in [-0.4, -0.2) is 63.6 Å².